The third kappa shape index (κ3) is 5.21. The summed E-state index contributed by atoms with van der Waals surface area (Å²) in [7, 11) is -3.61. The Morgan fingerprint density at radius 1 is 1.37 bits per heavy atom. The highest BCUT2D eigenvalue weighted by molar-refractivity contribution is 8.01. The third-order valence-corrected chi connectivity index (χ3v) is 7.06. The molecule has 0 spiro atoms. The van der Waals surface area contributed by atoms with Crippen molar-refractivity contribution in [3.8, 4) is 0 Å². The maximum Gasteiger partial charge on any atom is 0.343 e. The number of H-pyrrole nitrogens is 1. The number of aromatic amines is 1. The lowest BCUT2D eigenvalue weighted by atomic mass is 10.3. The highest BCUT2D eigenvalue weighted by atomic mass is 32.2. The van der Waals surface area contributed by atoms with Crippen LogP contribution < -0.4 is 4.72 Å². The van der Waals surface area contributed by atoms with E-state index in [1.807, 2.05) is 24.3 Å². The van der Waals surface area contributed by atoms with Crippen molar-refractivity contribution >= 4 is 55.1 Å². The number of esters is 1. The average molecular weight is 427 g/mol. The van der Waals surface area contributed by atoms with Gasteiger partial charge in [-0.15, -0.1) is 11.3 Å². The Kier molecular flexibility index (Phi) is 6.34. The largest absolute Gasteiger partial charge is 0.462 e. The number of thioether (sulfide) groups is 1. The van der Waals surface area contributed by atoms with E-state index in [0.29, 0.717) is 12.2 Å². The number of aromatic nitrogens is 3. The summed E-state index contributed by atoms with van der Waals surface area (Å²) >= 11 is 3.12. The molecular formula is C16H18N4O4S3. The second kappa shape index (κ2) is 8.72. The molecule has 3 rings (SSSR count). The van der Waals surface area contributed by atoms with Gasteiger partial charge in [0.05, 0.1) is 28.8 Å². The second-order valence-corrected chi connectivity index (χ2v) is 9.66. The number of benzene rings is 1. The predicted molar refractivity (Wildman–Crippen MR) is 107 cm³/mol. The van der Waals surface area contributed by atoms with Gasteiger partial charge in [-0.25, -0.2) is 18.2 Å². The topological polar surface area (TPSA) is 114 Å². The van der Waals surface area contributed by atoms with Crippen LogP contribution in [0.3, 0.4) is 0 Å². The number of sulfonamides is 1. The zero-order valence-corrected chi connectivity index (χ0v) is 16.9. The normalized spacial score (nSPS) is 11.6. The summed E-state index contributed by atoms with van der Waals surface area (Å²) in [4.78, 5) is 16.3. The van der Waals surface area contributed by atoms with Crippen LogP contribution >= 0.6 is 23.1 Å². The zero-order valence-electron chi connectivity index (χ0n) is 14.5. The molecule has 0 fully saturated rings. The maximum absolute atomic E-state index is 12.2. The minimum absolute atomic E-state index is 0.0206. The van der Waals surface area contributed by atoms with E-state index in [9.17, 15) is 13.2 Å². The van der Waals surface area contributed by atoms with Crippen molar-refractivity contribution in [3.05, 3.63) is 36.0 Å². The Hall–Kier alpha value is -2.11. The van der Waals surface area contributed by atoms with Crippen molar-refractivity contribution in [3.63, 3.8) is 0 Å². The molecule has 0 aliphatic heterocycles. The molecule has 0 bridgehead atoms. The van der Waals surface area contributed by atoms with Crippen LogP contribution in [0.2, 0.25) is 0 Å². The van der Waals surface area contributed by atoms with E-state index in [1.165, 1.54) is 18.0 Å². The molecule has 0 saturated heterocycles. The number of nitrogens with one attached hydrogen (secondary N) is 2. The zero-order chi connectivity index (χ0) is 19.3. The van der Waals surface area contributed by atoms with Gasteiger partial charge in [0.1, 0.15) is 11.4 Å². The lowest BCUT2D eigenvalue weighted by Gasteiger charge is -2.07. The Labute approximate surface area is 164 Å². The molecule has 144 valence electrons. The quantitative estimate of drug-likeness (QED) is 0.307. The number of ether oxygens (including phenoxy) is 1. The summed E-state index contributed by atoms with van der Waals surface area (Å²) < 4.78 is 33.8. The molecule has 0 radical (unpaired) electrons. The van der Waals surface area contributed by atoms with Crippen molar-refractivity contribution < 1.29 is 17.9 Å². The number of hydrogen-bond acceptors (Lipinski definition) is 8. The number of rotatable bonds is 9. The van der Waals surface area contributed by atoms with Crippen LogP contribution in [-0.2, 0) is 14.8 Å². The fraction of sp³-hybridized carbons (Fsp3) is 0.312. The van der Waals surface area contributed by atoms with Crippen molar-refractivity contribution in [1.29, 1.82) is 0 Å². The molecule has 0 aliphatic carbocycles. The number of fused-ring (bicyclic) bond motifs is 1. The summed E-state index contributed by atoms with van der Waals surface area (Å²) in [6, 6.07) is 7.87. The van der Waals surface area contributed by atoms with E-state index >= 15 is 0 Å². The molecule has 1 aromatic carbocycles. The van der Waals surface area contributed by atoms with Gasteiger partial charge in [0.25, 0.3) is 0 Å². The molecule has 0 atom stereocenters. The van der Waals surface area contributed by atoms with Gasteiger partial charge >= 0.3 is 5.97 Å². The minimum Gasteiger partial charge on any atom is -0.462 e. The number of hydrogen-bond donors (Lipinski definition) is 2. The molecule has 0 saturated carbocycles. The molecule has 2 N–H and O–H groups in total. The van der Waals surface area contributed by atoms with E-state index in [4.69, 9.17) is 4.74 Å². The van der Waals surface area contributed by atoms with E-state index in [-0.39, 0.29) is 23.7 Å². The van der Waals surface area contributed by atoms with Gasteiger partial charge < -0.3 is 4.74 Å². The van der Waals surface area contributed by atoms with Crippen molar-refractivity contribution in [2.45, 2.75) is 17.7 Å². The van der Waals surface area contributed by atoms with Crippen LogP contribution in [0.15, 0.2) is 34.8 Å². The molecule has 0 aliphatic rings. The SMILES string of the molecule is CCOC(=O)c1cn[nH]c1NS(=O)(=O)CCCSc1nc2ccccc2s1. The minimum atomic E-state index is -3.61. The fourth-order valence-electron chi connectivity index (χ4n) is 2.26. The summed E-state index contributed by atoms with van der Waals surface area (Å²) in [6.07, 6.45) is 1.68. The number of anilines is 1. The molecule has 3 aromatic rings. The smallest absolute Gasteiger partial charge is 0.343 e. The number of nitrogens with zero attached hydrogens (tertiary/aromatic N) is 2. The van der Waals surface area contributed by atoms with Gasteiger partial charge in [0, 0.05) is 5.75 Å². The number of carbonyl (C=O) groups excluding carboxylic acids is 1. The van der Waals surface area contributed by atoms with Gasteiger partial charge in [-0.2, -0.15) is 5.10 Å². The lowest BCUT2D eigenvalue weighted by molar-refractivity contribution is 0.0527. The summed E-state index contributed by atoms with van der Waals surface area (Å²) in [5.74, 6) is -0.0664. The van der Waals surface area contributed by atoms with Crippen molar-refractivity contribution in [1.82, 2.24) is 15.2 Å². The van der Waals surface area contributed by atoms with Crippen LogP contribution in [0.4, 0.5) is 5.82 Å². The first-order valence-electron chi connectivity index (χ1n) is 8.18. The molecule has 2 aromatic heterocycles. The highest BCUT2D eigenvalue weighted by Gasteiger charge is 2.19. The van der Waals surface area contributed by atoms with Crippen LogP contribution in [0, 0.1) is 0 Å². The van der Waals surface area contributed by atoms with Gasteiger partial charge in [0.2, 0.25) is 10.0 Å². The number of carbonyl (C=O) groups is 1. The van der Waals surface area contributed by atoms with Crippen LogP contribution in [-0.4, -0.2) is 47.7 Å². The molecule has 27 heavy (non-hydrogen) atoms. The maximum atomic E-state index is 12.2. The molecule has 11 heteroatoms. The van der Waals surface area contributed by atoms with Gasteiger partial charge in [-0.05, 0) is 25.5 Å². The van der Waals surface area contributed by atoms with E-state index in [1.54, 1.807) is 18.3 Å². The third-order valence-electron chi connectivity index (χ3n) is 3.45. The van der Waals surface area contributed by atoms with Gasteiger partial charge in [0.15, 0.2) is 4.34 Å². The Morgan fingerprint density at radius 2 is 2.19 bits per heavy atom. The average Bonchev–Trinajstić information content (AvgIpc) is 3.24. The Balaban J connectivity index is 1.51. The van der Waals surface area contributed by atoms with Gasteiger partial charge in [-0.3, -0.25) is 9.82 Å². The Bertz CT molecular complexity index is 996. The van der Waals surface area contributed by atoms with Crippen LogP contribution in [0.5, 0.6) is 0 Å². The molecule has 8 nitrogen and oxygen atoms in total. The lowest BCUT2D eigenvalue weighted by Crippen LogP contribution is -2.19. The first-order valence-corrected chi connectivity index (χ1v) is 11.6. The van der Waals surface area contributed by atoms with Crippen LogP contribution in [0.25, 0.3) is 10.2 Å². The fourth-order valence-corrected chi connectivity index (χ4v) is 5.61. The van der Waals surface area contributed by atoms with Crippen molar-refractivity contribution in [2.75, 3.05) is 22.8 Å². The highest BCUT2D eigenvalue weighted by Crippen LogP contribution is 2.29. The molecular weight excluding hydrogens is 408 g/mol. The standard InChI is InChI=1S/C16H18N4O4S3/c1-2-24-15(21)11-10-17-19-14(11)20-27(22,23)9-5-8-25-16-18-12-6-3-4-7-13(12)26-16/h3-4,6-7,10H,2,5,8-9H2,1H3,(H2,17,19,20). The number of thiazole rings is 1. The summed E-state index contributed by atoms with van der Waals surface area (Å²) in [5.41, 5.74) is 1.01. The first-order chi connectivity index (χ1) is 13.0. The monoisotopic (exact) mass is 426 g/mol. The van der Waals surface area contributed by atoms with E-state index < -0.39 is 16.0 Å². The number of para-hydroxylation sites is 1. The summed E-state index contributed by atoms with van der Waals surface area (Å²) in [5, 5.41) is 6.18. The second-order valence-electron chi connectivity index (χ2n) is 5.45. The first kappa shape index (κ1) is 19.6. The summed E-state index contributed by atoms with van der Waals surface area (Å²) in [6.45, 7) is 1.87. The van der Waals surface area contributed by atoms with E-state index in [2.05, 4.69) is 19.9 Å². The van der Waals surface area contributed by atoms with E-state index in [0.717, 1.165) is 14.6 Å². The predicted octanol–water partition coefficient (Wildman–Crippen LogP) is 3.12. The molecule has 2 heterocycles. The molecule has 0 unspecified atom stereocenters. The molecule has 0 amide bonds. The van der Waals surface area contributed by atoms with Crippen molar-refractivity contribution in [2.24, 2.45) is 0 Å². The Morgan fingerprint density at radius 3 is 2.96 bits per heavy atom. The van der Waals surface area contributed by atoms with Crippen LogP contribution in [0.1, 0.15) is 23.7 Å². The van der Waals surface area contributed by atoms with Gasteiger partial charge in [-0.1, -0.05) is 23.9 Å².